The average Bonchev–Trinajstić information content (AvgIpc) is 2.70. The molecule has 0 unspecified atom stereocenters. The van der Waals surface area contributed by atoms with Crippen LogP contribution in [-0.4, -0.2) is 19.1 Å². The quantitative estimate of drug-likeness (QED) is 0.642. The summed E-state index contributed by atoms with van der Waals surface area (Å²) in [5.41, 5.74) is 3.16. The van der Waals surface area contributed by atoms with Crippen LogP contribution >= 0.6 is 0 Å². The van der Waals surface area contributed by atoms with Gasteiger partial charge in [-0.05, 0) is 25.9 Å². The van der Waals surface area contributed by atoms with Crippen molar-refractivity contribution in [1.29, 1.82) is 0 Å². The van der Waals surface area contributed by atoms with E-state index in [4.69, 9.17) is 0 Å². The van der Waals surface area contributed by atoms with E-state index >= 15 is 0 Å². The van der Waals surface area contributed by atoms with Crippen molar-refractivity contribution < 1.29 is 21.1 Å². The molecule has 3 heterocycles. The van der Waals surface area contributed by atoms with Crippen LogP contribution in [0.25, 0.3) is 11.4 Å². The van der Waals surface area contributed by atoms with Gasteiger partial charge in [-0.15, -0.1) is 0 Å². The summed E-state index contributed by atoms with van der Waals surface area (Å²) in [5.74, 6) is 0. The van der Waals surface area contributed by atoms with E-state index in [0.29, 0.717) is 0 Å². The molecule has 0 amide bonds. The SMILES string of the molecule is Cn1cnc2c1C(C)(C)n1cn[c-]c1-2.[Pt]. The average molecular weight is 382 g/mol. The smallest absolute Gasteiger partial charge is 0.0805 e. The Morgan fingerprint density at radius 1 is 1.33 bits per heavy atom. The summed E-state index contributed by atoms with van der Waals surface area (Å²) in [4.78, 5) is 8.41. The van der Waals surface area contributed by atoms with Crippen LogP contribution < -0.4 is 0 Å². The molecule has 3 rings (SSSR count). The van der Waals surface area contributed by atoms with Gasteiger partial charge in [-0.3, -0.25) is 4.98 Å². The Morgan fingerprint density at radius 2 is 2.07 bits per heavy atom. The minimum Gasteiger partial charge on any atom is -0.393 e. The van der Waals surface area contributed by atoms with Gasteiger partial charge in [0.15, 0.2) is 0 Å². The number of fused-ring (bicyclic) bond motifs is 3. The summed E-state index contributed by atoms with van der Waals surface area (Å²) in [6, 6.07) is 0. The van der Waals surface area contributed by atoms with Gasteiger partial charge in [0.25, 0.3) is 0 Å². The van der Waals surface area contributed by atoms with Crippen molar-refractivity contribution in [2.75, 3.05) is 0 Å². The van der Waals surface area contributed by atoms with E-state index in [0.717, 1.165) is 11.4 Å². The maximum Gasteiger partial charge on any atom is 0.0805 e. The van der Waals surface area contributed by atoms with E-state index in [9.17, 15) is 0 Å². The van der Waals surface area contributed by atoms with Gasteiger partial charge in [-0.2, -0.15) is 0 Å². The third kappa shape index (κ3) is 1.11. The molecule has 0 aliphatic carbocycles. The molecule has 1 aliphatic rings. The molecule has 0 fully saturated rings. The molecule has 82 valence electrons. The van der Waals surface area contributed by atoms with Crippen LogP contribution in [0.5, 0.6) is 0 Å². The molecule has 4 nitrogen and oxygen atoms in total. The molecule has 0 saturated heterocycles. The molecule has 0 N–H and O–H groups in total. The topological polar surface area (TPSA) is 35.6 Å². The van der Waals surface area contributed by atoms with Gasteiger partial charge in [0, 0.05) is 39.5 Å². The van der Waals surface area contributed by atoms with Crippen molar-refractivity contribution in [3.05, 3.63) is 24.5 Å². The van der Waals surface area contributed by atoms with Gasteiger partial charge in [0.1, 0.15) is 0 Å². The molecule has 0 aromatic carbocycles. The minimum absolute atomic E-state index is 0. The Morgan fingerprint density at radius 3 is 2.80 bits per heavy atom. The number of aromatic nitrogens is 4. The number of hydrogen-bond acceptors (Lipinski definition) is 2. The standard InChI is InChI=1S/C10H11N4.Pt/c1-10(2)9-8(12-6-13(9)3)7-4-11-5-14(7)10;/h5-6H,1-3H3;/q-1;. The van der Waals surface area contributed by atoms with Crippen molar-refractivity contribution in [1.82, 2.24) is 19.1 Å². The maximum atomic E-state index is 4.38. The molecule has 2 aromatic heterocycles. The van der Waals surface area contributed by atoms with E-state index in [1.165, 1.54) is 5.69 Å². The first-order valence-electron chi connectivity index (χ1n) is 4.60. The van der Waals surface area contributed by atoms with Crippen LogP contribution in [0.2, 0.25) is 0 Å². The van der Waals surface area contributed by atoms with E-state index < -0.39 is 0 Å². The summed E-state index contributed by atoms with van der Waals surface area (Å²) in [6.07, 6.45) is 6.64. The predicted molar refractivity (Wildman–Crippen MR) is 51.7 cm³/mol. The largest absolute Gasteiger partial charge is 0.393 e. The molecule has 0 bridgehead atoms. The molecule has 15 heavy (non-hydrogen) atoms. The molecule has 1 aliphatic heterocycles. The number of rotatable bonds is 0. The number of hydrogen-bond donors (Lipinski definition) is 0. The van der Waals surface area contributed by atoms with Gasteiger partial charge in [-0.25, -0.2) is 0 Å². The van der Waals surface area contributed by atoms with Crippen LogP contribution in [0, 0.1) is 6.20 Å². The normalized spacial score (nSPS) is 15.7. The minimum atomic E-state index is -0.0666. The van der Waals surface area contributed by atoms with Crippen molar-refractivity contribution in [2.45, 2.75) is 19.4 Å². The fraction of sp³-hybridized carbons (Fsp3) is 0.400. The molecule has 0 radical (unpaired) electrons. The predicted octanol–water partition coefficient (Wildman–Crippen LogP) is 1.18. The Kier molecular flexibility index (Phi) is 2.16. The first-order chi connectivity index (χ1) is 6.62. The van der Waals surface area contributed by atoms with Gasteiger partial charge in [0.05, 0.1) is 11.9 Å². The van der Waals surface area contributed by atoms with Gasteiger partial charge < -0.3 is 14.1 Å². The Bertz CT molecular complexity index is 509. The molecular formula is C10H11N4Pt-. The third-order valence-electron chi connectivity index (χ3n) is 2.93. The van der Waals surface area contributed by atoms with Gasteiger partial charge in [-0.1, -0.05) is 6.20 Å². The van der Waals surface area contributed by atoms with Crippen LogP contribution in [-0.2, 0) is 33.7 Å². The van der Waals surface area contributed by atoms with E-state index in [1.807, 2.05) is 19.7 Å². The number of imidazole rings is 2. The van der Waals surface area contributed by atoms with E-state index in [2.05, 4.69) is 39.1 Å². The second kappa shape index (κ2) is 3.05. The number of nitrogens with zero attached hydrogens (tertiary/aromatic N) is 4. The first-order valence-corrected chi connectivity index (χ1v) is 4.60. The van der Waals surface area contributed by atoms with Crippen LogP contribution in [0.3, 0.4) is 0 Å². The zero-order chi connectivity index (χ0) is 9.92. The fourth-order valence-electron chi connectivity index (χ4n) is 2.29. The summed E-state index contributed by atoms with van der Waals surface area (Å²) >= 11 is 0. The molecule has 5 heteroatoms. The second-order valence-electron chi connectivity index (χ2n) is 4.19. The number of aryl methyl sites for hydroxylation is 1. The molecular weight excluding hydrogens is 371 g/mol. The summed E-state index contributed by atoms with van der Waals surface area (Å²) in [5, 5.41) is 0. The van der Waals surface area contributed by atoms with E-state index in [-0.39, 0.29) is 26.6 Å². The van der Waals surface area contributed by atoms with Crippen molar-refractivity contribution >= 4 is 0 Å². The third-order valence-corrected chi connectivity index (χ3v) is 2.93. The van der Waals surface area contributed by atoms with Crippen molar-refractivity contribution in [2.24, 2.45) is 7.05 Å². The molecule has 2 aromatic rings. The Labute approximate surface area is 103 Å². The van der Waals surface area contributed by atoms with Crippen molar-refractivity contribution in [3.63, 3.8) is 0 Å². The van der Waals surface area contributed by atoms with Gasteiger partial charge >= 0.3 is 0 Å². The summed E-state index contributed by atoms with van der Waals surface area (Å²) < 4.78 is 4.18. The zero-order valence-electron chi connectivity index (χ0n) is 8.76. The Balaban J connectivity index is 0.000000853. The summed E-state index contributed by atoms with van der Waals surface area (Å²) in [7, 11) is 2.02. The van der Waals surface area contributed by atoms with Crippen LogP contribution in [0.4, 0.5) is 0 Å². The summed E-state index contributed by atoms with van der Waals surface area (Å²) in [6.45, 7) is 4.33. The molecule has 0 atom stereocenters. The van der Waals surface area contributed by atoms with Gasteiger partial charge in [0.2, 0.25) is 0 Å². The maximum absolute atomic E-state index is 4.38. The van der Waals surface area contributed by atoms with E-state index in [1.54, 1.807) is 0 Å². The van der Waals surface area contributed by atoms with Crippen LogP contribution in [0.1, 0.15) is 19.5 Å². The van der Waals surface area contributed by atoms with Crippen LogP contribution in [0.15, 0.2) is 12.7 Å². The zero-order valence-corrected chi connectivity index (χ0v) is 11.0. The second-order valence-corrected chi connectivity index (χ2v) is 4.19. The first kappa shape index (κ1) is 10.6. The van der Waals surface area contributed by atoms with Crippen molar-refractivity contribution in [3.8, 4) is 11.4 Å². The molecule has 0 spiro atoms. The fourth-order valence-corrected chi connectivity index (χ4v) is 2.29. The monoisotopic (exact) mass is 382 g/mol. The Hall–Kier alpha value is -0.892. The molecule has 0 saturated carbocycles.